The fourth-order valence-corrected chi connectivity index (χ4v) is 5.36. The van der Waals surface area contributed by atoms with Crippen molar-refractivity contribution in [2.24, 2.45) is 17.8 Å². The van der Waals surface area contributed by atoms with Crippen LogP contribution >= 0.6 is 11.3 Å². The van der Waals surface area contributed by atoms with E-state index in [-0.39, 0.29) is 12.2 Å². The van der Waals surface area contributed by atoms with Gasteiger partial charge in [0.15, 0.2) is 0 Å². The predicted octanol–water partition coefficient (Wildman–Crippen LogP) is 3.39. The van der Waals surface area contributed by atoms with Crippen LogP contribution in [0.25, 0.3) is 0 Å². The van der Waals surface area contributed by atoms with Crippen LogP contribution < -0.4 is 5.32 Å². The Balaban J connectivity index is 1.66. The number of fused-ring (bicyclic) bond motifs is 2. The summed E-state index contributed by atoms with van der Waals surface area (Å²) < 4.78 is 0. The second-order valence-corrected chi connectivity index (χ2v) is 8.12. The standard InChI is InChI=1S/C17H24N2OS/c1-10(2)15-17(20)19(14-8-11-3-4-12(14)7-11)16(18-15)13-5-6-21-9-13/h5-6,9-12,14-16,18H,3-4,7-8H2,1-2H3. The highest BCUT2D eigenvalue weighted by atomic mass is 32.1. The lowest BCUT2D eigenvalue weighted by atomic mass is 9.93. The van der Waals surface area contributed by atoms with Gasteiger partial charge >= 0.3 is 0 Å². The van der Waals surface area contributed by atoms with Gasteiger partial charge in [-0.2, -0.15) is 11.3 Å². The molecule has 0 spiro atoms. The molecule has 2 saturated carbocycles. The van der Waals surface area contributed by atoms with Crippen LogP contribution in [0, 0.1) is 17.8 Å². The van der Waals surface area contributed by atoms with Gasteiger partial charge in [0, 0.05) is 6.04 Å². The maximum absolute atomic E-state index is 13.0. The molecule has 21 heavy (non-hydrogen) atoms. The molecule has 2 aliphatic carbocycles. The normalized spacial score (nSPS) is 38.9. The molecule has 2 heterocycles. The van der Waals surface area contributed by atoms with Crippen LogP contribution in [0.15, 0.2) is 16.8 Å². The summed E-state index contributed by atoms with van der Waals surface area (Å²) >= 11 is 1.72. The Morgan fingerprint density at radius 2 is 2.19 bits per heavy atom. The van der Waals surface area contributed by atoms with Crippen LogP contribution in [-0.4, -0.2) is 22.9 Å². The second-order valence-electron chi connectivity index (χ2n) is 7.34. The molecule has 5 unspecified atom stereocenters. The van der Waals surface area contributed by atoms with Gasteiger partial charge in [0.1, 0.15) is 6.17 Å². The van der Waals surface area contributed by atoms with E-state index in [1.165, 1.54) is 31.2 Å². The molecule has 1 saturated heterocycles. The van der Waals surface area contributed by atoms with E-state index in [0.29, 0.717) is 17.9 Å². The van der Waals surface area contributed by atoms with Gasteiger partial charge in [-0.25, -0.2) is 0 Å². The maximum Gasteiger partial charge on any atom is 0.241 e. The Bertz CT molecular complexity index is 527. The van der Waals surface area contributed by atoms with Crippen molar-refractivity contribution in [3.05, 3.63) is 22.4 Å². The summed E-state index contributed by atoms with van der Waals surface area (Å²) in [6, 6.07) is 2.62. The zero-order chi connectivity index (χ0) is 14.6. The minimum Gasteiger partial charge on any atom is -0.318 e. The van der Waals surface area contributed by atoms with Crippen LogP contribution in [0.4, 0.5) is 0 Å². The molecule has 2 bridgehead atoms. The van der Waals surface area contributed by atoms with Crippen LogP contribution in [-0.2, 0) is 4.79 Å². The minimum absolute atomic E-state index is 0.0194. The molecule has 0 aromatic carbocycles. The first-order valence-corrected chi connectivity index (χ1v) is 9.19. The monoisotopic (exact) mass is 304 g/mol. The van der Waals surface area contributed by atoms with E-state index in [0.717, 1.165) is 11.8 Å². The predicted molar refractivity (Wildman–Crippen MR) is 84.9 cm³/mol. The zero-order valence-electron chi connectivity index (χ0n) is 12.8. The average Bonchev–Trinajstić information content (AvgIpc) is 3.21. The maximum atomic E-state index is 13.0. The highest BCUT2D eigenvalue weighted by Gasteiger charge is 2.50. The van der Waals surface area contributed by atoms with Crippen molar-refractivity contribution >= 4 is 17.2 Å². The summed E-state index contributed by atoms with van der Waals surface area (Å²) in [5.41, 5.74) is 1.26. The Morgan fingerprint density at radius 3 is 2.76 bits per heavy atom. The topological polar surface area (TPSA) is 32.3 Å². The molecular weight excluding hydrogens is 280 g/mol. The third kappa shape index (κ3) is 2.15. The highest BCUT2D eigenvalue weighted by molar-refractivity contribution is 7.07. The molecule has 1 aromatic rings. The van der Waals surface area contributed by atoms with E-state index >= 15 is 0 Å². The number of amides is 1. The molecule has 3 aliphatic rings. The lowest BCUT2D eigenvalue weighted by Crippen LogP contribution is -2.43. The molecule has 4 rings (SSSR count). The van der Waals surface area contributed by atoms with Gasteiger partial charge in [-0.05, 0) is 59.4 Å². The average molecular weight is 304 g/mol. The molecule has 1 amide bonds. The van der Waals surface area contributed by atoms with E-state index in [9.17, 15) is 4.79 Å². The van der Waals surface area contributed by atoms with Gasteiger partial charge < -0.3 is 4.90 Å². The van der Waals surface area contributed by atoms with Gasteiger partial charge in [0.2, 0.25) is 5.91 Å². The van der Waals surface area contributed by atoms with Gasteiger partial charge in [0.25, 0.3) is 0 Å². The summed E-state index contributed by atoms with van der Waals surface area (Å²) in [6.45, 7) is 4.29. The zero-order valence-corrected chi connectivity index (χ0v) is 13.6. The molecule has 0 radical (unpaired) electrons. The van der Waals surface area contributed by atoms with E-state index in [2.05, 4.69) is 40.9 Å². The van der Waals surface area contributed by atoms with E-state index in [1.54, 1.807) is 11.3 Å². The van der Waals surface area contributed by atoms with Gasteiger partial charge in [-0.15, -0.1) is 0 Å². The molecule has 114 valence electrons. The number of carbonyl (C=O) groups excluding carboxylic acids is 1. The highest BCUT2D eigenvalue weighted by Crippen LogP contribution is 2.49. The summed E-state index contributed by atoms with van der Waals surface area (Å²) in [4.78, 5) is 15.2. The first-order chi connectivity index (χ1) is 10.1. The number of hydrogen-bond acceptors (Lipinski definition) is 3. The first kappa shape index (κ1) is 13.8. The molecule has 1 aromatic heterocycles. The van der Waals surface area contributed by atoms with Gasteiger partial charge in [0.05, 0.1) is 6.04 Å². The smallest absolute Gasteiger partial charge is 0.241 e. The van der Waals surface area contributed by atoms with E-state index in [4.69, 9.17) is 0 Å². The van der Waals surface area contributed by atoms with Crippen molar-refractivity contribution in [1.82, 2.24) is 10.2 Å². The number of rotatable bonds is 3. The lowest BCUT2D eigenvalue weighted by Gasteiger charge is -2.35. The third-order valence-corrected chi connectivity index (χ3v) is 6.42. The molecule has 4 heteroatoms. The summed E-state index contributed by atoms with van der Waals surface area (Å²) in [6.07, 6.45) is 5.37. The second kappa shape index (κ2) is 5.10. The number of hydrogen-bond donors (Lipinski definition) is 1. The fourth-order valence-electron chi connectivity index (χ4n) is 4.68. The van der Waals surface area contributed by atoms with Crippen LogP contribution in [0.3, 0.4) is 0 Å². The number of thiophene rings is 1. The Kier molecular flexibility index (Phi) is 3.34. The molecular formula is C17H24N2OS. The van der Waals surface area contributed by atoms with Crippen molar-refractivity contribution in [2.45, 2.75) is 57.8 Å². The Hall–Kier alpha value is -0.870. The van der Waals surface area contributed by atoms with E-state index in [1.807, 2.05) is 0 Å². The molecule has 5 atom stereocenters. The molecule has 1 N–H and O–H groups in total. The van der Waals surface area contributed by atoms with Crippen molar-refractivity contribution in [3.63, 3.8) is 0 Å². The third-order valence-electron chi connectivity index (χ3n) is 5.72. The number of carbonyl (C=O) groups is 1. The van der Waals surface area contributed by atoms with E-state index < -0.39 is 0 Å². The Morgan fingerprint density at radius 1 is 1.33 bits per heavy atom. The van der Waals surface area contributed by atoms with Crippen LogP contribution in [0.5, 0.6) is 0 Å². The van der Waals surface area contributed by atoms with Crippen molar-refractivity contribution in [3.8, 4) is 0 Å². The molecule has 3 fully saturated rings. The van der Waals surface area contributed by atoms with Crippen LogP contribution in [0.2, 0.25) is 0 Å². The lowest BCUT2D eigenvalue weighted by molar-refractivity contribution is -0.134. The SMILES string of the molecule is CC(C)C1NC(c2ccsc2)N(C2CC3CCC2C3)C1=O. The minimum atomic E-state index is -0.0194. The summed E-state index contributed by atoms with van der Waals surface area (Å²) in [5.74, 6) is 2.29. The first-order valence-electron chi connectivity index (χ1n) is 8.25. The largest absolute Gasteiger partial charge is 0.318 e. The Labute approximate surface area is 130 Å². The fraction of sp³-hybridized carbons (Fsp3) is 0.706. The summed E-state index contributed by atoms with van der Waals surface area (Å²) in [7, 11) is 0. The van der Waals surface area contributed by atoms with Crippen molar-refractivity contribution < 1.29 is 4.79 Å². The van der Waals surface area contributed by atoms with Gasteiger partial charge in [-0.3, -0.25) is 10.1 Å². The van der Waals surface area contributed by atoms with Gasteiger partial charge in [-0.1, -0.05) is 20.3 Å². The quantitative estimate of drug-likeness (QED) is 0.928. The van der Waals surface area contributed by atoms with Crippen molar-refractivity contribution in [2.75, 3.05) is 0 Å². The molecule has 1 aliphatic heterocycles. The van der Waals surface area contributed by atoms with Crippen LogP contribution in [0.1, 0.15) is 51.3 Å². The number of nitrogens with zero attached hydrogens (tertiary/aromatic N) is 1. The summed E-state index contributed by atoms with van der Waals surface area (Å²) in [5, 5.41) is 7.91. The number of nitrogens with one attached hydrogen (secondary N) is 1. The van der Waals surface area contributed by atoms with Crippen molar-refractivity contribution in [1.29, 1.82) is 0 Å². The molecule has 3 nitrogen and oxygen atoms in total.